The van der Waals surface area contributed by atoms with Crippen LogP contribution in [-0.2, 0) is 11.3 Å². The molecule has 1 aliphatic rings. The van der Waals surface area contributed by atoms with Gasteiger partial charge in [0.25, 0.3) is 5.91 Å². The van der Waals surface area contributed by atoms with E-state index in [1.54, 1.807) is 21.9 Å². The molecule has 3 rings (SSSR count). The number of carbonyl (C=O) groups is 1. The van der Waals surface area contributed by atoms with Crippen LogP contribution in [-0.4, -0.2) is 35.0 Å². The van der Waals surface area contributed by atoms with Crippen LogP contribution in [0.3, 0.4) is 0 Å². The third-order valence-electron chi connectivity index (χ3n) is 3.65. The minimum absolute atomic E-state index is 0.0520. The Morgan fingerprint density at radius 3 is 3.09 bits per heavy atom. The zero-order valence-corrected chi connectivity index (χ0v) is 12.9. The van der Waals surface area contributed by atoms with Gasteiger partial charge >= 0.3 is 0 Å². The maximum Gasteiger partial charge on any atom is 0.273 e. The first-order valence-electron chi connectivity index (χ1n) is 7.26. The van der Waals surface area contributed by atoms with Crippen LogP contribution in [0.15, 0.2) is 35.2 Å². The number of benzene rings is 1. The number of thiazole rings is 1. The number of hydrogen-bond acceptors (Lipinski definition) is 4. The molecule has 1 atom stereocenters. The predicted octanol–water partition coefficient (Wildman–Crippen LogP) is 3.10. The maximum atomic E-state index is 13.4. The van der Waals surface area contributed by atoms with E-state index in [4.69, 9.17) is 4.74 Å². The summed E-state index contributed by atoms with van der Waals surface area (Å²) in [4.78, 5) is 18.4. The van der Waals surface area contributed by atoms with E-state index in [2.05, 4.69) is 4.98 Å². The molecule has 1 aliphatic heterocycles. The van der Waals surface area contributed by atoms with Crippen molar-refractivity contribution < 1.29 is 13.9 Å². The normalized spacial score (nSPS) is 17.6. The molecule has 1 aromatic carbocycles. The van der Waals surface area contributed by atoms with Gasteiger partial charge in [-0.25, -0.2) is 9.37 Å². The molecule has 0 aliphatic carbocycles. The Morgan fingerprint density at radius 2 is 2.41 bits per heavy atom. The molecule has 1 saturated heterocycles. The van der Waals surface area contributed by atoms with E-state index in [-0.39, 0.29) is 17.8 Å². The summed E-state index contributed by atoms with van der Waals surface area (Å²) < 4.78 is 19.0. The Hall–Kier alpha value is -1.79. The van der Waals surface area contributed by atoms with Crippen LogP contribution >= 0.6 is 11.3 Å². The van der Waals surface area contributed by atoms with Gasteiger partial charge in [-0.1, -0.05) is 12.1 Å². The van der Waals surface area contributed by atoms with Crippen LogP contribution in [0.2, 0.25) is 0 Å². The van der Waals surface area contributed by atoms with Gasteiger partial charge in [-0.15, -0.1) is 11.3 Å². The Balaban J connectivity index is 1.77. The summed E-state index contributed by atoms with van der Waals surface area (Å²) in [5, 5.41) is 1.73. The lowest BCUT2D eigenvalue weighted by Gasteiger charge is -2.25. The lowest BCUT2D eigenvalue weighted by molar-refractivity contribution is 0.0503. The van der Waals surface area contributed by atoms with Crippen LogP contribution in [0.4, 0.5) is 4.39 Å². The minimum atomic E-state index is -0.296. The molecular weight excluding hydrogens is 303 g/mol. The average Bonchev–Trinajstić information content (AvgIpc) is 3.19. The summed E-state index contributed by atoms with van der Waals surface area (Å²) >= 11 is 1.39. The summed E-state index contributed by atoms with van der Waals surface area (Å²) in [6.07, 6.45) is 2.02. The molecule has 2 aromatic rings. The highest BCUT2D eigenvalue weighted by Gasteiger charge is 2.24. The van der Waals surface area contributed by atoms with E-state index in [9.17, 15) is 9.18 Å². The smallest absolute Gasteiger partial charge is 0.273 e. The van der Waals surface area contributed by atoms with Crippen molar-refractivity contribution >= 4 is 17.2 Å². The molecule has 1 fully saturated rings. The summed E-state index contributed by atoms with van der Waals surface area (Å²) in [5.74, 6) is -0.434. The minimum Gasteiger partial charge on any atom is -0.376 e. The zero-order chi connectivity index (χ0) is 15.4. The van der Waals surface area contributed by atoms with E-state index in [1.165, 1.54) is 23.5 Å². The van der Waals surface area contributed by atoms with Gasteiger partial charge in [0.15, 0.2) is 0 Å². The van der Waals surface area contributed by atoms with Crippen molar-refractivity contribution in [2.45, 2.75) is 25.5 Å². The third-order valence-corrected chi connectivity index (χ3v) is 4.24. The first-order chi connectivity index (χ1) is 10.7. The molecule has 4 nitrogen and oxygen atoms in total. The fourth-order valence-electron chi connectivity index (χ4n) is 2.59. The second-order valence-corrected chi connectivity index (χ2v) is 6.04. The average molecular weight is 320 g/mol. The van der Waals surface area contributed by atoms with Crippen LogP contribution in [0.5, 0.6) is 0 Å². The number of amides is 1. The van der Waals surface area contributed by atoms with Gasteiger partial charge in [0.2, 0.25) is 0 Å². The van der Waals surface area contributed by atoms with Gasteiger partial charge in [0.1, 0.15) is 11.5 Å². The molecule has 116 valence electrons. The van der Waals surface area contributed by atoms with Gasteiger partial charge in [0.05, 0.1) is 11.6 Å². The fourth-order valence-corrected chi connectivity index (χ4v) is 3.12. The number of aromatic nitrogens is 1. The number of rotatable bonds is 5. The highest BCUT2D eigenvalue weighted by Crippen LogP contribution is 2.17. The summed E-state index contributed by atoms with van der Waals surface area (Å²) in [6, 6.07) is 6.33. The summed E-state index contributed by atoms with van der Waals surface area (Å²) in [6.45, 7) is 1.60. The van der Waals surface area contributed by atoms with Gasteiger partial charge in [-0.2, -0.15) is 0 Å². The lowest BCUT2D eigenvalue weighted by atomic mass is 10.1. The van der Waals surface area contributed by atoms with E-state index in [0.29, 0.717) is 18.8 Å². The number of carbonyl (C=O) groups excluding carboxylic acids is 1. The van der Waals surface area contributed by atoms with Gasteiger partial charge in [-0.3, -0.25) is 4.79 Å². The predicted molar refractivity (Wildman–Crippen MR) is 82.2 cm³/mol. The molecule has 0 spiro atoms. The van der Waals surface area contributed by atoms with Crippen molar-refractivity contribution in [2.24, 2.45) is 0 Å². The number of nitrogens with zero attached hydrogens (tertiary/aromatic N) is 2. The molecule has 6 heteroatoms. The quantitative estimate of drug-likeness (QED) is 0.850. The van der Waals surface area contributed by atoms with Crippen LogP contribution < -0.4 is 0 Å². The molecule has 22 heavy (non-hydrogen) atoms. The molecule has 1 aromatic heterocycles. The first-order valence-corrected chi connectivity index (χ1v) is 8.20. The number of halogens is 1. The Bertz CT molecular complexity index is 627. The SMILES string of the molecule is O=C(c1cscn1)N(Cc1cccc(F)c1)C[C@@H]1CCCO1. The molecule has 0 bridgehead atoms. The molecule has 0 radical (unpaired) electrons. The molecular formula is C16H17FN2O2S. The van der Waals surface area contributed by atoms with Gasteiger partial charge in [-0.05, 0) is 30.5 Å². The van der Waals surface area contributed by atoms with Crippen LogP contribution in [0, 0.1) is 5.82 Å². The third kappa shape index (κ3) is 3.69. The monoisotopic (exact) mass is 320 g/mol. The second kappa shape index (κ2) is 6.98. The van der Waals surface area contributed by atoms with E-state index < -0.39 is 0 Å². The summed E-state index contributed by atoms with van der Waals surface area (Å²) in [7, 11) is 0. The van der Waals surface area contributed by atoms with Crippen molar-refractivity contribution in [3.05, 3.63) is 52.2 Å². The van der Waals surface area contributed by atoms with E-state index in [0.717, 1.165) is 25.0 Å². The molecule has 0 unspecified atom stereocenters. The van der Waals surface area contributed by atoms with Crippen LogP contribution in [0.1, 0.15) is 28.9 Å². The van der Waals surface area contributed by atoms with Crippen molar-refractivity contribution in [1.82, 2.24) is 9.88 Å². The van der Waals surface area contributed by atoms with Crippen molar-refractivity contribution in [3.63, 3.8) is 0 Å². The fraction of sp³-hybridized carbons (Fsp3) is 0.375. The van der Waals surface area contributed by atoms with E-state index >= 15 is 0 Å². The number of hydrogen-bond donors (Lipinski definition) is 0. The molecule has 1 amide bonds. The number of ether oxygens (including phenoxy) is 1. The summed E-state index contributed by atoms with van der Waals surface area (Å²) in [5.41, 5.74) is 2.83. The van der Waals surface area contributed by atoms with Gasteiger partial charge < -0.3 is 9.64 Å². The van der Waals surface area contributed by atoms with Gasteiger partial charge in [0, 0.05) is 25.1 Å². The lowest BCUT2D eigenvalue weighted by Crippen LogP contribution is -2.37. The van der Waals surface area contributed by atoms with Crippen molar-refractivity contribution in [3.8, 4) is 0 Å². The first kappa shape index (κ1) is 15.1. The standard InChI is InChI=1S/C16H17FN2O2S/c17-13-4-1-3-12(7-13)8-19(9-14-5-2-6-21-14)16(20)15-10-22-11-18-15/h1,3-4,7,10-11,14H,2,5-6,8-9H2/t14-/m0/s1. The highest BCUT2D eigenvalue weighted by atomic mass is 32.1. The molecule has 2 heterocycles. The Kier molecular flexibility index (Phi) is 4.80. The topological polar surface area (TPSA) is 42.4 Å². The maximum absolute atomic E-state index is 13.4. The Labute approximate surface area is 132 Å². The Morgan fingerprint density at radius 1 is 1.50 bits per heavy atom. The van der Waals surface area contributed by atoms with E-state index in [1.807, 2.05) is 6.07 Å². The molecule has 0 saturated carbocycles. The van der Waals surface area contributed by atoms with Crippen molar-refractivity contribution in [1.29, 1.82) is 0 Å². The highest BCUT2D eigenvalue weighted by molar-refractivity contribution is 7.07. The molecule has 0 N–H and O–H groups in total. The van der Waals surface area contributed by atoms with Crippen LogP contribution in [0.25, 0.3) is 0 Å². The largest absolute Gasteiger partial charge is 0.376 e. The van der Waals surface area contributed by atoms with Crippen molar-refractivity contribution in [2.75, 3.05) is 13.2 Å². The second-order valence-electron chi connectivity index (χ2n) is 5.32. The zero-order valence-electron chi connectivity index (χ0n) is 12.1.